The predicted octanol–water partition coefficient (Wildman–Crippen LogP) is 5.74. The number of nitrogens with zero attached hydrogens (tertiary/aromatic N) is 2. The van der Waals surface area contributed by atoms with Crippen molar-refractivity contribution in [3.05, 3.63) is 90.6 Å². The molecule has 0 bridgehead atoms. The molecule has 0 saturated heterocycles. The van der Waals surface area contributed by atoms with E-state index in [0.717, 1.165) is 40.6 Å². The number of H-pyrrole nitrogens is 1. The van der Waals surface area contributed by atoms with Gasteiger partial charge in [-0.2, -0.15) is 0 Å². The molecule has 0 saturated carbocycles. The number of aromatic nitrogens is 3. The van der Waals surface area contributed by atoms with Gasteiger partial charge < -0.3 is 10.3 Å². The average Bonchev–Trinajstić information content (AvgIpc) is 3.18. The molecular formula is C26H22N4O. The van der Waals surface area contributed by atoms with Gasteiger partial charge in [0, 0.05) is 28.9 Å². The van der Waals surface area contributed by atoms with E-state index >= 15 is 0 Å². The van der Waals surface area contributed by atoms with Gasteiger partial charge in [0.05, 0.1) is 16.9 Å². The van der Waals surface area contributed by atoms with Crippen molar-refractivity contribution in [1.82, 2.24) is 15.0 Å². The van der Waals surface area contributed by atoms with Gasteiger partial charge in [-0.15, -0.1) is 0 Å². The molecule has 2 N–H and O–H groups in total. The Labute approximate surface area is 180 Å². The number of carbonyl (C=O) groups excluding carboxylic acids is 1. The smallest absolute Gasteiger partial charge is 0.225 e. The Morgan fingerprint density at radius 2 is 1.74 bits per heavy atom. The first kappa shape index (κ1) is 19.0. The fourth-order valence-electron chi connectivity index (χ4n) is 3.95. The molecule has 0 aliphatic rings. The number of nitrogens with one attached hydrogen (secondary N) is 2. The van der Waals surface area contributed by atoms with Crippen molar-refractivity contribution in [2.45, 2.75) is 19.3 Å². The van der Waals surface area contributed by atoms with Crippen molar-refractivity contribution >= 4 is 33.5 Å². The van der Waals surface area contributed by atoms with Crippen LogP contribution in [0.5, 0.6) is 0 Å². The van der Waals surface area contributed by atoms with Crippen LogP contribution in [0, 0.1) is 0 Å². The van der Waals surface area contributed by atoms with Crippen molar-refractivity contribution in [2.24, 2.45) is 0 Å². The second-order valence-electron chi connectivity index (χ2n) is 7.53. The lowest BCUT2D eigenvalue weighted by atomic mass is 10.0. The summed E-state index contributed by atoms with van der Waals surface area (Å²) < 4.78 is 0. The molecule has 0 fully saturated rings. The third-order valence-electron chi connectivity index (χ3n) is 5.43. The summed E-state index contributed by atoms with van der Waals surface area (Å²) in [6, 6.07) is 26.1. The van der Waals surface area contributed by atoms with Crippen molar-refractivity contribution in [3.63, 3.8) is 0 Å². The number of fused-ring (bicyclic) bond motifs is 2. The van der Waals surface area contributed by atoms with Gasteiger partial charge in [0.1, 0.15) is 5.82 Å². The van der Waals surface area contributed by atoms with Crippen LogP contribution in [0.4, 0.5) is 5.82 Å². The van der Waals surface area contributed by atoms with Crippen LogP contribution in [0.25, 0.3) is 33.2 Å². The summed E-state index contributed by atoms with van der Waals surface area (Å²) in [6.45, 7) is 0. The van der Waals surface area contributed by atoms with Gasteiger partial charge in [-0.05, 0) is 48.7 Å². The zero-order chi connectivity index (χ0) is 21.0. The predicted molar refractivity (Wildman–Crippen MR) is 125 cm³/mol. The maximum atomic E-state index is 12.3. The number of pyridine rings is 2. The Hall–Kier alpha value is -3.99. The monoisotopic (exact) mass is 406 g/mol. The third kappa shape index (κ3) is 4.03. The van der Waals surface area contributed by atoms with Crippen LogP contribution in [0.1, 0.15) is 18.4 Å². The molecule has 3 heterocycles. The van der Waals surface area contributed by atoms with Gasteiger partial charge in [-0.3, -0.25) is 4.79 Å². The normalized spacial score (nSPS) is 11.1. The van der Waals surface area contributed by atoms with E-state index in [4.69, 9.17) is 4.98 Å². The Balaban J connectivity index is 1.40. The first-order chi connectivity index (χ1) is 15.3. The van der Waals surface area contributed by atoms with E-state index in [9.17, 15) is 4.79 Å². The molecule has 0 radical (unpaired) electrons. The van der Waals surface area contributed by atoms with Gasteiger partial charge in [0.25, 0.3) is 0 Å². The number of aromatic amines is 1. The van der Waals surface area contributed by atoms with Crippen molar-refractivity contribution in [2.75, 3.05) is 5.32 Å². The minimum atomic E-state index is -0.0241. The van der Waals surface area contributed by atoms with Crippen LogP contribution in [0.15, 0.2) is 85.1 Å². The highest BCUT2D eigenvalue weighted by Gasteiger charge is 2.15. The van der Waals surface area contributed by atoms with Crippen molar-refractivity contribution < 1.29 is 4.79 Å². The summed E-state index contributed by atoms with van der Waals surface area (Å²) in [5.41, 5.74) is 5.20. The van der Waals surface area contributed by atoms with E-state index in [1.165, 1.54) is 10.9 Å². The Kier molecular flexibility index (Phi) is 5.15. The van der Waals surface area contributed by atoms with E-state index in [1.807, 2.05) is 42.5 Å². The Morgan fingerprint density at radius 3 is 2.65 bits per heavy atom. The van der Waals surface area contributed by atoms with Crippen LogP contribution >= 0.6 is 0 Å². The van der Waals surface area contributed by atoms with Crippen molar-refractivity contribution in [1.29, 1.82) is 0 Å². The van der Waals surface area contributed by atoms with E-state index in [0.29, 0.717) is 12.2 Å². The molecule has 152 valence electrons. The number of amides is 1. The molecule has 31 heavy (non-hydrogen) atoms. The fourth-order valence-corrected chi connectivity index (χ4v) is 3.95. The molecule has 5 heteroatoms. The van der Waals surface area contributed by atoms with Gasteiger partial charge >= 0.3 is 0 Å². The van der Waals surface area contributed by atoms with Crippen LogP contribution in [0.3, 0.4) is 0 Å². The molecule has 0 atom stereocenters. The molecule has 0 spiro atoms. The lowest BCUT2D eigenvalue weighted by molar-refractivity contribution is -0.116. The quantitative estimate of drug-likeness (QED) is 0.378. The molecule has 1 amide bonds. The minimum absolute atomic E-state index is 0.0241. The first-order valence-corrected chi connectivity index (χ1v) is 10.4. The van der Waals surface area contributed by atoms with Gasteiger partial charge in [-0.1, -0.05) is 48.5 Å². The molecule has 5 rings (SSSR count). The topological polar surface area (TPSA) is 70.7 Å². The Morgan fingerprint density at radius 1 is 0.903 bits per heavy atom. The summed E-state index contributed by atoms with van der Waals surface area (Å²) in [4.78, 5) is 24.9. The van der Waals surface area contributed by atoms with Gasteiger partial charge in [0.2, 0.25) is 5.91 Å². The largest absolute Gasteiger partial charge is 0.353 e. The maximum Gasteiger partial charge on any atom is 0.225 e. The number of anilines is 1. The lowest BCUT2D eigenvalue weighted by Gasteiger charge is -2.07. The molecule has 2 aromatic carbocycles. The second kappa shape index (κ2) is 8.40. The number of para-hydroxylation sites is 2. The number of hydrogen-bond acceptors (Lipinski definition) is 3. The zero-order valence-electron chi connectivity index (χ0n) is 17.0. The number of carbonyl (C=O) groups is 1. The summed E-state index contributed by atoms with van der Waals surface area (Å²) in [5.74, 6) is 0.560. The highest BCUT2D eigenvalue weighted by Crippen LogP contribution is 2.31. The van der Waals surface area contributed by atoms with Crippen molar-refractivity contribution in [3.8, 4) is 11.4 Å². The van der Waals surface area contributed by atoms with Crippen LogP contribution in [-0.4, -0.2) is 20.9 Å². The highest BCUT2D eigenvalue weighted by molar-refractivity contribution is 5.92. The van der Waals surface area contributed by atoms with E-state index in [2.05, 4.69) is 45.6 Å². The number of rotatable bonds is 6. The van der Waals surface area contributed by atoms with Crippen LogP contribution in [0.2, 0.25) is 0 Å². The van der Waals surface area contributed by atoms with Gasteiger partial charge in [0.15, 0.2) is 0 Å². The molecule has 0 aliphatic carbocycles. The average molecular weight is 406 g/mol. The number of benzene rings is 2. The van der Waals surface area contributed by atoms with Crippen LogP contribution < -0.4 is 5.32 Å². The minimum Gasteiger partial charge on any atom is -0.353 e. The van der Waals surface area contributed by atoms with E-state index < -0.39 is 0 Å². The molecule has 0 aliphatic heterocycles. The summed E-state index contributed by atoms with van der Waals surface area (Å²) in [6.07, 6.45) is 3.62. The molecular weight excluding hydrogens is 384 g/mol. The Bertz CT molecular complexity index is 1360. The SMILES string of the molecule is O=C(CCCc1c(-c2ccc3ccccc3n2)[nH]c2ccccc12)Nc1ccccn1. The lowest BCUT2D eigenvalue weighted by Crippen LogP contribution is -2.12. The molecule has 5 aromatic rings. The van der Waals surface area contributed by atoms with Crippen LogP contribution in [-0.2, 0) is 11.2 Å². The molecule has 5 nitrogen and oxygen atoms in total. The summed E-state index contributed by atoms with van der Waals surface area (Å²) >= 11 is 0. The standard InChI is InChI=1S/C26H22N4O/c31-25(30-24-13-5-6-17-27-24)14-7-10-20-19-9-2-4-12-22(19)29-26(20)23-16-15-18-8-1-3-11-21(18)28-23/h1-6,8-9,11-13,15-17,29H,7,10,14H2,(H,27,30,31). The summed E-state index contributed by atoms with van der Waals surface area (Å²) in [7, 11) is 0. The third-order valence-corrected chi connectivity index (χ3v) is 5.43. The zero-order valence-corrected chi connectivity index (χ0v) is 17.0. The summed E-state index contributed by atoms with van der Waals surface area (Å²) in [5, 5.41) is 5.15. The van der Waals surface area contributed by atoms with E-state index in [1.54, 1.807) is 12.3 Å². The first-order valence-electron chi connectivity index (χ1n) is 10.4. The number of hydrogen-bond donors (Lipinski definition) is 2. The van der Waals surface area contributed by atoms with E-state index in [-0.39, 0.29) is 5.91 Å². The maximum absolute atomic E-state index is 12.3. The number of aryl methyl sites for hydroxylation is 1. The molecule has 0 unspecified atom stereocenters. The fraction of sp³-hybridized carbons (Fsp3) is 0.115. The van der Waals surface area contributed by atoms with Gasteiger partial charge in [-0.25, -0.2) is 9.97 Å². The molecule has 3 aromatic heterocycles. The second-order valence-corrected chi connectivity index (χ2v) is 7.53. The highest BCUT2D eigenvalue weighted by atomic mass is 16.1.